The summed E-state index contributed by atoms with van der Waals surface area (Å²) in [5.41, 5.74) is 3.41. The van der Waals surface area contributed by atoms with Crippen molar-refractivity contribution < 1.29 is 34.0 Å². The van der Waals surface area contributed by atoms with Gasteiger partial charge in [-0.25, -0.2) is 0 Å². The lowest BCUT2D eigenvalue weighted by atomic mass is 9.84. The average molecular weight is 617 g/mol. The molecule has 0 spiro atoms. The van der Waals surface area contributed by atoms with E-state index in [1.54, 1.807) is 24.4 Å². The molecule has 11 nitrogen and oxygen atoms in total. The van der Waals surface area contributed by atoms with Crippen LogP contribution in [-0.4, -0.2) is 83.0 Å². The third-order valence-corrected chi connectivity index (χ3v) is 9.24. The van der Waals surface area contributed by atoms with Crippen LogP contribution in [0.5, 0.6) is 17.2 Å². The highest BCUT2D eigenvalue weighted by atomic mass is 16.7. The highest BCUT2D eigenvalue weighted by molar-refractivity contribution is 5.94. The Labute approximate surface area is 262 Å². The second kappa shape index (κ2) is 13.4. The van der Waals surface area contributed by atoms with Gasteiger partial charge in [0.15, 0.2) is 11.5 Å². The molecule has 1 saturated heterocycles. The predicted octanol–water partition coefficient (Wildman–Crippen LogP) is 4.02. The minimum absolute atomic E-state index is 0.0496. The molecule has 11 heteroatoms. The summed E-state index contributed by atoms with van der Waals surface area (Å²) in [6, 6.07) is 14.7. The summed E-state index contributed by atoms with van der Waals surface area (Å²) in [6.07, 6.45) is 4.80. The fourth-order valence-electron chi connectivity index (χ4n) is 6.97. The average Bonchev–Trinajstić information content (AvgIpc) is 3.76. The molecule has 3 aromatic rings. The van der Waals surface area contributed by atoms with Gasteiger partial charge in [0, 0.05) is 44.3 Å². The number of ether oxygens (including phenoxy) is 3. The second-order valence-electron chi connectivity index (χ2n) is 11.9. The van der Waals surface area contributed by atoms with Crippen LogP contribution in [0.3, 0.4) is 0 Å². The van der Waals surface area contributed by atoms with E-state index in [1.165, 1.54) is 0 Å². The van der Waals surface area contributed by atoms with E-state index in [1.807, 2.05) is 58.3 Å². The molecule has 1 aromatic heterocycles. The molecule has 0 bridgehead atoms. The van der Waals surface area contributed by atoms with Crippen LogP contribution in [0.4, 0.5) is 5.69 Å². The molecule has 0 radical (unpaired) electrons. The molecule has 4 atom stereocenters. The number of hydrogen-bond donors (Lipinski definition) is 2. The third-order valence-electron chi connectivity index (χ3n) is 9.24. The standard InChI is InChI=1S/C34H40N4O7/c1-3-4-13-38(24-9-7-12-35-17-24)30(39)20-37-19-26(23-15-28(43-2)32-29(16-23)44-21-45-32)31(34(41)42)27(37)11-14-36-18-22-8-5-6-10-25(22)33(36)40/h5-10,12,15-17,26-27,31,33,40H,3-4,11,13-14,18-21H2,1-2H3,(H,41,42)/t26-,27+,31-,33?/m1/s1. The van der Waals surface area contributed by atoms with Crippen LogP contribution in [0.2, 0.25) is 0 Å². The van der Waals surface area contributed by atoms with Crippen LogP contribution >= 0.6 is 0 Å². The number of likely N-dealkylation sites (tertiary alicyclic amines) is 1. The molecule has 4 heterocycles. The Balaban J connectivity index is 1.30. The first-order valence-corrected chi connectivity index (χ1v) is 15.5. The molecular weight excluding hydrogens is 576 g/mol. The van der Waals surface area contributed by atoms with Crippen LogP contribution in [-0.2, 0) is 16.1 Å². The van der Waals surface area contributed by atoms with E-state index < -0.39 is 30.1 Å². The predicted molar refractivity (Wildman–Crippen MR) is 166 cm³/mol. The quantitative estimate of drug-likeness (QED) is 0.308. The van der Waals surface area contributed by atoms with Crippen molar-refractivity contribution in [2.24, 2.45) is 5.92 Å². The molecule has 0 aliphatic carbocycles. The zero-order valence-electron chi connectivity index (χ0n) is 25.7. The number of fused-ring (bicyclic) bond motifs is 2. The maximum Gasteiger partial charge on any atom is 0.308 e. The number of nitrogens with zero attached hydrogens (tertiary/aromatic N) is 4. The van der Waals surface area contributed by atoms with Crippen LogP contribution in [0.1, 0.15) is 55.0 Å². The fourth-order valence-corrected chi connectivity index (χ4v) is 6.97. The van der Waals surface area contributed by atoms with Crippen molar-refractivity contribution in [2.75, 3.05) is 45.0 Å². The summed E-state index contributed by atoms with van der Waals surface area (Å²) in [4.78, 5) is 37.0. The summed E-state index contributed by atoms with van der Waals surface area (Å²) in [5, 5.41) is 21.7. The van der Waals surface area contributed by atoms with Gasteiger partial charge in [-0.15, -0.1) is 0 Å². The molecular formula is C34H40N4O7. The van der Waals surface area contributed by atoms with Gasteiger partial charge in [-0.1, -0.05) is 37.6 Å². The number of carbonyl (C=O) groups excluding carboxylic acids is 1. The van der Waals surface area contributed by atoms with E-state index in [2.05, 4.69) is 11.9 Å². The van der Waals surface area contributed by atoms with E-state index >= 15 is 0 Å². The SMILES string of the molecule is CCCCN(C(=O)CN1C[C@H](c2cc(OC)c3c(c2)OCO3)[C@@H](C(=O)O)[C@@H]1CCN1Cc2ccccc2C1O)c1cccnc1. The van der Waals surface area contributed by atoms with Gasteiger partial charge in [0.2, 0.25) is 18.4 Å². The van der Waals surface area contributed by atoms with Crippen molar-refractivity contribution in [1.82, 2.24) is 14.8 Å². The Morgan fingerprint density at radius 1 is 1.13 bits per heavy atom. The summed E-state index contributed by atoms with van der Waals surface area (Å²) >= 11 is 0. The maximum atomic E-state index is 14.0. The van der Waals surface area contributed by atoms with Crippen LogP contribution in [0, 0.1) is 5.92 Å². The highest BCUT2D eigenvalue weighted by Gasteiger charge is 2.48. The Hall–Kier alpha value is -4.19. The highest BCUT2D eigenvalue weighted by Crippen LogP contribution is 2.47. The monoisotopic (exact) mass is 616 g/mol. The molecule has 0 saturated carbocycles. The lowest BCUT2D eigenvalue weighted by Gasteiger charge is -2.31. The molecule has 45 heavy (non-hydrogen) atoms. The number of unbranched alkanes of at least 4 members (excludes halogenated alkanes) is 1. The van der Waals surface area contributed by atoms with Crippen molar-refractivity contribution in [3.8, 4) is 17.2 Å². The number of aliphatic carboxylic acids is 1. The number of anilines is 1. The van der Waals surface area contributed by atoms with Gasteiger partial charge in [0.25, 0.3) is 0 Å². The lowest BCUT2D eigenvalue weighted by molar-refractivity contribution is -0.143. The number of aliphatic hydroxyl groups excluding tert-OH is 1. The summed E-state index contributed by atoms with van der Waals surface area (Å²) in [6.45, 7) is 4.14. The minimum Gasteiger partial charge on any atom is -0.493 e. The van der Waals surface area contributed by atoms with E-state index in [0.29, 0.717) is 49.8 Å². The van der Waals surface area contributed by atoms with Crippen LogP contribution in [0.25, 0.3) is 0 Å². The van der Waals surface area contributed by atoms with E-state index in [-0.39, 0.29) is 19.2 Å². The van der Waals surface area contributed by atoms with Gasteiger partial charge in [-0.05, 0) is 53.8 Å². The summed E-state index contributed by atoms with van der Waals surface area (Å²) < 4.78 is 16.8. The number of methoxy groups -OCH3 is 1. The molecule has 238 valence electrons. The van der Waals surface area contributed by atoms with Gasteiger partial charge in [-0.3, -0.25) is 24.4 Å². The topological polar surface area (TPSA) is 125 Å². The summed E-state index contributed by atoms with van der Waals surface area (Å²) in [7, 11) is 1.54. The molecule has 2 N–H and O–H groups in total. The molecule has 1 amide bonds. The second-order valence-corrected chi connectivity index (χ2v) is 11.9. The molecule has 3 aliphatic rings. The number of carboxylic acid groups (broad SMARTS) is 1. The van der Waals surface area contributed by atoms with Crippen molar-refractivity contribution in [2.45, 2.75) is 50.9 Å². The van der Waals surface area contributed by atoms with Gasteiger partial charge in [0.05, 0.1) is 31.5 Å². The number of rotatable bonds is 12. The smallest absolute Gasteiger partial charge is 0.308 e. The zero-order valence-corrected chi connectivity index (χ0v) is 25.7. The Kier molecular flexibility index (Phi) is 9.20. The lowest BCUT2D eigenvalue weighted by Crippen LogP contribution is -2.45. The number of pyridine rings is 1. The number of amides is 1. The van der Waals surface area contributed by atoms with E-state index in [4.69, 9.17) is 14.2 Å². The van der Waals surface area contributed by atoms with Crippen molar-refractivity contribution in [3.05, 3.63) is 77.6 Å². The van der Waals surface area contributed by atoms with E-state index in [0.717, 1.165) is 35.2 Å². The van der Waals surface area contributed by atoms with Gasteiger partial charge in [-0.2, -0.15) is 0 Å². The van der Waals surface area contributed by atoms with Crippen LogP contribution in [0.15, 0.2) is 60.9 Å². The fraction of sp³-hybridized carbons (Fsp3) is 0.441. The number of aliphatic hydroxyl groups is 1. The van der Waals surface area contributed by atoms with Gasteiger partial charge < -0.3 is 29.3 Å². The third kappa shape index (κ3) is 6.20. The van der Waals surface area contributed by atoms with Crippen molar-refractivity contribution in [1.29, 1.82) is 0 Å². The Bertz CT molecular complexity index is 1520. The first-order valence-electron chi connectivity index (χ1n) is 15.5. The van der Waals surface area contributed by atoms with Gasteiger partial charge >= 0.3 is 5.97 Å². The van der Waals surface area contributed by atoms with Crippen LogP contribution < -0.4 is 19.1 Å². The first-order chi connectivity index (χ1) is 21.9. The minimum atomic E-state index is -0.933. The molecule has 1 fully saturated rings. The van der Waals surface area contributed by atoms with E-state index in [9.17, 15) is 19.8 Å². The number of aromatic nitrogens is 1. The Morgan fingerprint density at radius 2 is 1.98 bits per heavy atom. The van der Waals surface area contributed by atoms with Crippen molar-refractivity contribution >= 4 is 17.6 Å². The Morgan fingerprint density at radius 3 is 2.71 bits per heavy atom. The first kappa shape index (κ1) is 30.8. The summed E-state index contributed by atoms with van der Waals surface area (Å²) in [5.74, 6) is -0.796. The number of carboxylic acids is 1. The maximum absolute atomic E-state index is 14.0. The molecule has 3 aliphatic heterocycles. The number of hydrogen-bond acceptors (Lipinski definition) is 9. The molecule has 2 aromatic carbocycles. The van der Waals surface area contributed by atoms with Crippen molar-refractivity contribution in [3.63, 3.8) is 0 Å². The normalized spacial score (nSPS) is 22.4. The van der Waals surface area contributed by atoms with Gasteiger partial charge in [0.1, 0.15) is 6.23 Å². The largest absolute Gasteiger partial charge is 0.493 e. The molecule has 6 rings (SSSR count). The molecule has 1 unspecified atom stereocenters. The number of benzene rings is 2. The zero-order chi connectivity index (χ0) is 31.5. The number of carbonyl (C=O) groups is 2.